The van der Waals surface area contributed by atoms with Crippen molar-refractivity contribution in [2.24, 2.45) is 0 Å². The van der Waals surface area contributed by atoms with Crippen molar-refractivity contribution in [1.82, 2.24) is 0 Å². The zero-order valence-corrected chi connectivity index (χ0v) is 7.69. The minimum Gasteiger partial charge on any atom is -0.384 e. The summed E-state index contributed by atoms with van der Waals surface area (Å²) in [5.74, 6) is 4.69. The second-order valence-electron chi connectivity index (χ2n) is 2.90. The molecule has 0 heterocycles. The van der Waals surface area contributed by atoms with Crippen molar-refractivity contribution < 1.29 is 9.50 Å². The molecule has 0 saturated heterocycles. The predicted molar refractivity (Wildman–Crippen MR) is 49.8 cm³/mol. The van der Waals surface area contributed by atoms with E-state index in [2.05, 4.69) is 11.8 Å². The summed E-state index contributed by atoms with van der Waals surface area (Å²) in [5, 5.41) is 8.47. The minimum atomic E-state index is -0.321. The summed E-state index contributed by atoms with van der Waals surface area (Å²) in [7, 11) is 0. The average Bonchev–Trinajstić information content (AvgIpc) is 2.02. The number of aryl methyl sites for hydroxylation is 2. The standard InChI is InChI=1S/C11H11FO/c1-8-6-9(2)10(4-3-5-13)11(12)7-8/h6-7,13H,5H2,1-2H3. The largest absolute Gasteiger partial charge is 0.384 e. The fourth-order valence-corrected chi connectivity index (χ4v) is 1.20. The van der Waals surface area contributed by atoms with E-state index in [4.69, 9.17) is 5.11 Å². The van der Waals surface area contributed by atoms with Crippen molar-refractivity contribution in [3.05, 3.63) is 34.6 Å². The maximum absolute atomic E-state index is 13.3. The van der Waals surface area contributed by atoms with Crippen LogP contribution in [0.15, 0.2) is 12.1 Å². The Bertz CT molecular complexity index is 348. The Kier molecular flexibility index (Phi) is 3.05. The van der Waals surface area contributed by atoms with Crippen LogP contribution in [-0.4, -0.2) is 11.7 Å². The molecule has 0 aliphatic heterocycles. The van der Waals surface area contributed by atoms with Crippen LogP contribution in [0.4, 0.5) is 4.39 Å². The molecule has 0 fully saturated rings. The van der Waals surface area contributed by atoms with Crippen molar-refractivity contribution in [3.63, 3.8) is 0 Å². The van der Waals surface area contributed by atoms with E-state index in [1.54, 1.807) is 6.92 Å². The first-order valence-corrected chi connectivity index (χ1v) is 4.01. The van der Waals surface area contributed by atoms with E-state index < -0.39 is 0 Å². The highest BCUT2D eigenvalue weighted by atomic mass is 19.1. The Hall–Kier alpha value is -1.33. The van der Waals surface area contributed by atoms with E-state index in [0.29, 0.717) is 5.56 Å². The Morgan fingerprint density at radius 2 is 2.08 bits per heavy atom. The predicted octanol–water partition coefficient (Wildman–Crippen LogP) is 1.79. The summed E-state index contributed by atoms with van der Waals surface area (Å²) in [6.07, 6.45) is 0. The van der Waals surface area contributed by atoms with Gasteiger partial charge in [0.2, 0.25) is 0 Å². The molecule has 0 aromatic heterocycles. The highest BCUT2D eigenvalue weighted by Gasteiger charge is 2.03. The first kappa shape index (κ1) is 9.76. The number of aliphatic hydroxyl groups excluding tert-OH is 1. The number of hydrogen-bond acceptors (Lipinski definition) is 1. The Morgan fingerprint density at radius 1 is 1.38 bits per heavy atom. The van der Waals surface area contributed by atoms with Gasteiger partial charge in [0.05, 0.1) is 5.56 Å². The van der Waals surface area contributed by atoms with E-state index in [0.717, 1.165) is 11.1 Å². The fourth-order valence-electron chi connectivity index (χ4n) is 1.20. The van der Waals surface area contributed by atoms with Crippen LogP contribution >= 0.6 is 0 Å². The van der Waals surface area contributed by atoms with Gasteiger partial charge in [-0.2, -0.15) is 0 Å². The first-order chi connectivity index (χ1) is 6.15. The van der Waals surface area contributed by atoms with Crippen molar-refractivity contribution in [3.8, 4) is 11.8 Å². The molecule has 0 spiro atoms. The maximum Gasteiger partial charge on any atom is 0.139 e. The van der Waals surface area contributed by atoms with Crippen LogP contribution in [0, 0.1) is 31.5 Å². The van der Waals surface area contributed by atoms with Gasteiger partial charge in [-0.3, -0.25) is 0 Å². The molecular formula is C11H11FO. The van der Waals surface area contributed by atoms with Gasteiger partial charge >= 0.3 is 0 Å². The van der Waals surface area contributed by atoms with Gasteiger partial charge in [-0.1, -0.05) is 17.9 Å². The molecule has 0 unspecified atom stereocenters. The van der Waals surface area contributed by atoms with E-state index in [1.165, 1.54) is 6.07 Å². The molecule has 0 atom stereocenters. The maximum atomic E-state index is 13.3. The molecule has 68 valence electrons. The lowest BCUT2D eigenvalue weighted by Crippen LogP contribution is -1.90. The quantitative estimate of drug-likeness (QED) is 0.600. The van der Waals surface area contributed by atoms with Crippen LogP contribution in [0.1, 0.15) is 16.7 Å². The summed E-state index contributed by atoms with van der Waals surface area (Å²) in [4.78, 5) is 0. The lowest BCUT2D eigenvalue weighted by molar-refractivity contribution is 0.350. The number of rotatable bonds is 0. The summed E-state index contributed by atoms with van der Waals surface area (Å²) < 4.78 is 13.3. The third kappa shape index (κ3) is 2.30. The molecule has 0 radical (unpaired) electrons. The summed E-state index contributed by atoms with van der Waals surface area (Å²) in [6.45, 7) is 3.39. The van der Waals surface area contributed by atoms with E-state index in [1.807, 2.05) is 13.0 Å². The molecule has 13 heavy (non-hydrogen) atoms. The molecular weight excluding hydrogens is 167 g/mol. The summed E-state index contributed by atoms with van der Waals surface area (Å²) >= 11 is 0. The highest BCUT2D eigenvalue weighted by Crippen LogP contribution is 2.13. The molecule has 0 saturated carbocycles. The normalized spacial score (nSPS) is 9.23. The topological polar surface area (TPSA) is 20.2 Å². The number of halogens is 1. The molecule has 1 N–H and O–H groups in total. The van der Waals surface area contributed by atoms with Crippen LogP contribution in [0.5, 0.6) is 0 Å². The van der Waals surface area contributed by atoms with Gasteiger partial charge in [0.15, 0.2) is 0 Å². The molecule has 1 aromatic carbocycles. The van der Waals surface area contributed by atoms with Crippen molar-refractivity contribution in [2.75, 3.05) is 6.61 Å². The first-order valence-electron chi connectivity index (χ1n) is 4.01. The van der Waals surface area contributed by atoms with E-state index >= 15 is 0 Å². The van der Waals surface area contributed by atoms with Gasteiger partial charge < -0.3 is 5.11 Å². The minimum absolute atomic E-state index is 0.243. The molecule has 1 rings (SSSR count). The summed E-state index contributed by atoms with van der Waals surface area (Å²) in [6, 6.07) is 3.30. The van der Waals surface area contributed by atoms with Gasteiger partial charge in [0.25, 0.3) is 0 Å². The second-order valence-corrected chi connectivity index (χ2v) is 2.90. The van der Waals surface area contributed by atoms with Crippen LogP contribution in [-0.2, 0) is 0 Å². The van der Waals surface area contributed by atoms with Crippen LogP contribution in [0.2, 0.25) is 0 Å². The Balaban J connectivity index is 3.21. The van der Waals surface area contributed by atoms with Crippen LogP contribution < -0.4 is 0 Å². The highest BCUT2D eigenvalue weighted by molar-refractivity contribution is 5.43. The molecule has 2 heteroatoms. The van der Waals surface area contributed by atoms with Gasteiger partial charge in [-0.05, 0) is 31.0 Å². The van der Waals surface area contributed by atoms with Gasteiger partial charge in [-0.15, -0.1) is 0 Å². The van der Waals surface area contributed by atoms with E-state index in [9.17, 15) is 4.39 Å². The van der Waals surface area contributed by atoms with Gasteiger partial charge in [0.1, 0.15) is 12.4 Å². The van der Waals surface area contributed by atoms with Crippen molar-refractivity contribution >= 4 is 0 Å². The Labute approximate surface area is 77.2 Å². The smallest absolute Gasteiger partial charge is 0.139 e. The molecule has 1 aromatic rings. The second kappa shape index (κ2) is 4.06. The van der Waals surface area contributed by atoms with Gasteiger partial charge in [-0.25, -0.2) is 4.39 Å². The zero-order valence-electron chi connectivity index (χ0n) is 7.69. The average molecular weight is 178 g/mol. The van der Waals surface area contributed by atoms with Crippen molar-refractivity contribution in [2.45, 2.75) is 13.8 Å². The third-order valence-electron chi connectivity index (χ3n) is 1.72. The molecule has 0 amide bonds. The zero-order chi connectivity index (χ0) is 9.84. The number of benzene rings is 1. The fraction of sp³-hybridized carbons (Fsp3) is 0.273. The van der Waals surface area contributed by atoms with Crippen LogP contribution in [0.3, 0.4) is 0 Å². The van der Waals surface area contributed by atoms with E-state index in [-0.39, 0.29) is 12.4 Å². The molecule has 0 bridgehead atoms. The Morgan fingerprint density at radius 3 is 2.62 bits per heavy atom. The monoisotopic (exact) mass is 178 g/mol. The van der Waals surface area contributed by atoms with Crippen molar-refractivity contribution in [1.29, 1.82) is 0 Å². The van der Waals surface area contributed by atoms with Crippen LogP contribution in [0.25, 0.3) is 0 Å². The molecule has 0 aliphatic carbocycles. The summed E-state index contributed by atoms with van der Waals surface area (Å²) in [5.41, 5.74) is 2.06. The third-order valence-corrected chi connectivity index (χ3v) is 1.72. The number of aliphatic hydroxyl groups is 1. The molecule has 1 nitrogen and oxygen atoms in total. The molecule has 0 aliphatic rings. The lowest BCUT2D eigenvalue weighted by Gasteiger charge is -2.01. The SMILES string of the molecule is Cc1cc(C)c(C#CCO)c(F)c1. The van der Waals surface area contributed by atoms with Gasteiger partial charge in [0, 0.05) is 0 Å². The number of hydrogen-bond donors (Lipinski definition) is 1. The lowest BCUT2D eigenvalue weighted by atomic mass is 10.1.